The van der Waals surface area contributed by atoms with Crippen molar-refractivity contribution in [2.45, 2.75) is 17.9 Å². The van der Waals surface area contributed by atoms with Gasteiger partial charge in [-0.3, -0.25) is 9.97 Å². The third-order valence-electron chi connectivity index (χ3n) is 4.93. The van der Waals surface area contributed by atoms with Crippen LogP contribution in [0.3, 0.4) is 0 Å². The van der Waals surface area contributed by atoms with Crippen molar-refractivity contribution in [2.75, 3.05) is 19.7 Å². The summed E-state index contributed by atoms with van der Waals surface area (Å²) in [5.74, 6) is -0.445. The van der Waals surface area contributed by atoms with E-state index in [2.05, 4.69) is 9.97 Å². The zero-order valence-electron chi connectivity index (χ0n) is 16.1. The van der Waals surface area contributed by atoms with Crippen molar-refractivity contribution in [1.82, 2.24) is 14.3 Å². The van der Waals surface area contributed by atoms with E-state index >= 15 is 0 Å². The molecule has 4 rings (SSSR count). The molecule has 0 radical (unpaired) electrons. The predicted molar refractivity (Wildman–Crippen MR) is 111 cm³/mol. The van der Waals surface area contributed by atoms with Gasteiger partial charge in [0.15, 0.2) is 0 Å². The predicted octanol–water partition coefficient (Wildman–Crippen LogP) is 4.01. The summed E-state index contributed by atoms with van der Waals surface area (Å²) in [6.07, 6.45) is 2.51. The molecule has 0 spiro atoms. The van der Waals surface area contributed by atoms with Crippen molar-refractivity contribution in [3.63, 3.8) is 0 Å². The average Bonchev–Trinajstić information content (AvgIpc) is 2.75. The molecule has 1 aliphatic rings. The number of aromatic nitrogens is 2. The summed E-state index contributed by atoms with van der Waals surface area (Å²) < 4.78 is 47.0. The number of morpholine rings is 1. The van der Waals surface area contributed by atoms with Gasteiger partial charge in [-0.1, -0.05) is 23.7 Å². The van der Waals surface area contributed by atoms with Gasteiger partial charge in [-0.2, -0.15) is 4.31 Å². The lowest BCUT2D eigenvalue weighted by Crippen LogP contribution is -2.42. The fraction of sp³-hybridized carbons (Fsp3) is 0.238. The first-order valence-electron chi connectivity index (χ1n) is 9.31. The van der Waals surface area contributed by atoms with Crippen molar-refractivity contribution < 1.29 is 17.5 Å². The van der Waals surface area contributed by atoms with E-state index in [1.54, 1.807) is 24.5 Å². The Kier molecular flexibility index (Phi) is 5.84. The van der Waals surface area contributed by atoms with Crippen LogP contribution in [0.5, 0.6) is 0 Å². The number of nitrogens with zero attached hydrogens (tertiary/aromatic N) is 3. The summed E-state index contributed by atoms with van der Waals surface area (Å²) in [5, 5.41) is 0.560. The Hall–Kier alpha value is -2.39. The van der Waals surface area contributed by atoms with Crippen LogP contribution in [0, 0.1) is 12.7 Å². The smallest absolute Gasteiger partial charge is 0.243 e. The lowest BCUT2D eigenvalue weighted by atomic mass is 10.1. The molecular weight excluding hydrogens is 429 g/mol. The van der Waals surface area contributed by atoms with E-state index in [0.717, 1.165) is 5.56 Å². The molecule has 0 bridgehead atoms. The lowest BCUT2D eigenvalue weighted by molar-refractivity contribution is -0.00477. The van der Waals surface area contributed by atoms with Gasteiger partial charge in [0.2, 0.25) is 10.0 Å². The highest BCUT2D eigenvalue weighted by atomic mass is 35.5. The van der Waals surface area contributed by atoms with E-state index in [1.807, 2.05) is 12.1 Å². The molecule has 3 aromatic rings. The van der Waals surface area contributed by atoms with Crippen molar-refractivity contribution in [3.05, 3.63) is 77.0 Å². The number of hydrogen-bond acceptors (Lipinski definition) is 5. The molecule has 2 heterocycles. The molecule has 0 N–H and O–H groups in total. The first kappa shape index (κ1) is 20.9. The zero-order chi connectivity index (χ0) is 21.3. The number of halogens is 2. The molecule has 1 atom stereocenters. The van der Waals surface area contributed by atoms with Crippen LogP contribution in [0.2, 0.25) is 5.02 Å². The number of sulfonamides is 1. The second-order valence-corrected chi connectivity index (χ2v) is 9.31. The monoisotopic (exact) mass is 447 g/mol. The van der Waals surface area contributed by atoms with Crippen molar-refractivity contribution in [2.24, 2.45) is 0 Å². The Labute approximate surface area is 179 Å². The fourth-order valence-corrected chi connectivity index (χ4v) is 5.08. The molecule has 0 saturated carbocycles. The minimum absolute atomic E-state index is 0.0521. The molecule has 0 unspecified atom stereocenters. The zero-order valence-corrected chi connectivity index (χ0v) is 17.7. The topological polar surface area (TPSA) is 72.4 Å². The number of ether oxygens (including phenoxy) is 1. The highest BCUT2D eigenvalue weighted by Crippen LogP contribution is 2.32. The number of benzene rings is 2. The second kappa shape index (κ2) is 8.39. The minimum atomic E-state index is -3.81. The summed E-state index contributed by atoms with van der Waals surface area (Å²) in [6, 6.07) is 11.0. The molecule has 1 saturated heterocycles. The Morgan fingerprint density at radius 2 is 1.97 bits per heavy atom. The van der Waals surface area contributed by atoms with E-state index in [-0.39, 0.29) is 30.2 Å². The van der Waals surface area contributed by atoms with E-state index in [0.29, 0.717) is 16.4 Å². The van der Waals surface area contributed by atoms with Crippen molar-refractivity contribution in [1.29, 1.82) is 0 Å². The third kappa shape index (κ3) is 4.09. The highest BCUT2D eigenvalue weighted by Gasteiger charge is 2.33. The van der Waals surface area contributed by atoms with Gasteiger partial charge in [-0.15, -0.1) is 0 Å². The quantitative estimate of drug-likeness (QED) is 0.604. The lowest BCUT2D eigenvalue weighted by Gasteiger charge is -2.32. The van der Waals surface area contributed by atoms with Crippen molar-refractivity contribution >= 4 is 21.6 Å². The number of aryl methyl sites for hydroxylation is 1. The van der Waals surface area contributed by atoms with Gasteiger partial charge >= 0.3 is 0 Å². The van der Waals surface area contributed by atoms with Crippen LogP contribution in [0.1, 0.15) is 17.4 Å². The molecule has 156 valence electrons. The molecule has 0 aliphatic carbocycles. The summed E-state index contributed by atoms with van der Waals surface area (Å²) in [7, 11) is -3.81. The van der Waals surface area contributed by atoms with Gasteiger partial charge in [0.1, 0.15) is 11.9 Å². The Morgan fingerprint density at radius 1 is 1.17 bits per heavy atom. The third-order valence-corrected chi connectivity index (χ3v) is 7.02. The summed E-state index contributed by atoms with van der Waals surface area (Å²) in [4.78, 5) is 8.89. The fourth-order valence-electron chi connectivity index (χ4n) is 3.38. The summed E-state index contributed by atoms with van der Waals surface area (Å²) in [5.41, 5.74) is 2.17. The van der Waals surface area contributed by atoms with Gasteiger partial charge in [-0.05, 0) is 42.8 Å². The molecule has 1 fully saturated rings. The standard InChI is InChI=1S/C21H19ClFN3O3S/c1-14-11-17(5-6-18(14)23)30(27,28)26-9-10-29-19(13-26)21-20(24-7-8-25-21)15-3-2-4-16(22)12-15/h2-8,11-12,19H,9-10,13H2,1H3/t19-/m0/s1. The molecule has 30 heavy (non-hydrogen) atoms. The first-order chi connectivity index (χ1) is 14.4. The van der Waals surface area contributed by atoms with Crippen LogP contribution < -0.4 is 0 Å². The largest absolute Gasteiger partial charge is 0.369 e. The van der Waals surface area contributed by atoms with Crippen LogP contribution >= 0.6 is 11.6 Å². The maximum Gasteiger partial charge on any atom is 0.243 e. The SMILES string of the molecule is Cc1cc(S(=O)(=O)N2CCO[C@H](c3nccnc3-c3cccc(Cl)c3)C2)ccc1F. The van der Waals surface area contributed by atoms with Gasteiger partial charge < -0.3 is 4.74 Å². The molecule has 9 heteroatoms. The van der Waals surface area contributed by atoms with Crippen LogP contribution in [0.4, 0.5) is 4.39 Å². The number of hydrogen-bond donors (Lipinski definition) is 0. The molecule has 1 aliphatic heterocycles. The normalized spacial score (nSPS) is 17.8. The van der Waals surface area contributed by atoms with Crippen molar-refractivity contribution in [3.8, 4) is 11.3 Å². The second-order valence-electron chi connectivity index (χ2n) is 6.93. The Morgan fingerprint density at radius 3 is 2.73 bits per heavy atom. The molecule has 2 aromatic carbocycles. The summed E-state index contributed by atoms with van der Waals surface area (Å²) >= 11 is 6.11. The Balaban J connectivity index is 1.66. The van der Waals surface area contributed by atoms with Gasteiger partial charge in [-0.25, -0.2) is 12.8 Å². The van der Waals surface area contributed by atoms with E-state index < -0.39 is 21.9 Å². The minimum Gasteiger partial charge on any atom is -0.369 e. The maximum atomic E-state index is 13.6. The van der Waals surface area contributed by atoms with E-state index in [1.165, 1.54) is 29.4 Å². The maximum absolute atomic E-state index is 13.6. The van der Waals surface area contributed by atoms with Gasteiger partial charge in [0.25, 0.3) is 0 Å². The van der Waals surface area contributed by atoms with Gasteiger partial charge in [0, 0.05) is 36.1 Å². The van der Waals surface area contributed by atoms with E-state index in [9.17, 15) is 12.8 Å². The molecular formula is C21H19ClFN3O3S. The number of rotatable bonds is 4. The first-order valence-corrected chi connectivity index (χ1v) is 11.1. The van der Waals surface area contributed by atoms with Gasteiger partial charge in [0.05, 0.1) is 22.9 Å². The molecule has 0 amide bonds. The Bertz CT molecular complexity index is 1190. The van der Waals surface area contributed by atoms with Crippen LogP contribution in [0.15, 0.2) is 59.8 Å². The molecule has 6 nitrogen and oxygen atoms in total. The van der Waals surface area contributed by atoms with Crippen LogP contribution in [0.25, 0.3) is 11.3 Å². The van der Waals surface area contributed by atoms with E-state index in [4.69, 9.17) is 16.3 Å². The van der Waals surface area contributed by atoms with Crippen LogP contribution in [-0.2, 0) is 14.8 Å². The van der Waals surface area contributed by atoms with Crippen LogP contribution in [-0.4, -0.2) is 42.4 Å². The molecule has 1 aromatic heterocycles. The average molecular weight is 448 g/mol. The highest BCUT2D eigenvalue weighted by molar-refractivity contribution is 7.89. The summed E-state index contributed by atoms with van der Waals surface area (Å²) in [6.45, 7) is 2.01.